The van der Waals surface area contributed by atoms with Gasteiger partial charge >= 0.3 is 0 Å². The van der Waals surface area contributed by atoms with E-state index >= 15 is 0 Å². The molecule has 0 saturated carbocycles. The molecule has 0 spiro atoms. The SMILES string of the molecule is CCNC(=NCc1cccc(OCC(C)C)c1)N1CCC(c2cnn(C)c2)C1. The molecule has 3 rings (SSSR count). The fraction of sp³-hybridized carbons (Fsp3) is 0.545. The molecule has 1 fully saturated rings. The van der Waals surface area contributed by atoms with Crippen molar-refractivity contribution >= 4 is 5.96 Å². The molecule has 6 nitrogen and oxygen atoms in total. The van der Waals surface area contributed by atoms with Gasteiger partial charge in [0.1, 0.15) is 5.75 Å². The highest BCUT2D eigenvalue weighted by molar-refractivity contribution is 5.80. The largest absolute Gasteiger partial charge is 0.493 e. The Hall–Kier alpha value is -2.50. The number of likely N-dealkylation sites (tertiary alicyclic amines) is 1. The number of aryl methyl sites for hydroxylation is 1. The van der Waals surface area contributed by atoms with Gasteiger partial charge in [0.25, 0.3) is 0 Å². The highest BCUT2D eigenvalue weighted by Gasteiger charge is 2.26. The van der Waals surface area contributed by atoms with Crippen LogP contribution in [0.4, 0.5) is 0 Å². The molecule has 0 radical (unpaired) electrons. The molecule has 1 unspecified atom stereocenters. The van der Waals surface area contributed by atoms with Crippen LogP contribution in [-0.4, -0.2) is 46.9 Å². The lowest BCUT2D eigenvalue weighted by Gasteiger charge is -2.21. The molecule has 2 heterocycles. The second-order valence-corrected chi connectivity index (χ2v) is 7.90. The average Bonchev–Trinajstić information content (AvgIpc) is 3.33. The van der Waals surface area contributed by atoms with Gasteiger partial charge in [-0.05, 0) is 42.5 Å². The first-order chi connectivity index (χ1) is 13.5. The predicted octanol–water partition coefficient (Wildman–Crippen LogP) is 3.41. The van der Waals surface area contributed by atoms with Crippen LogP contribution in [0.1, 0.15) is 44.2 Å². The maximum Gasteiger partial charge on any atom is 0.194 e. The zero-order chi connectivity index (χ0) is 19.9. The number of benzene rings is 1. The topological polar surface area (TPSA) is 54.7 Å². The monoisotopic (exact) mass is 383 g/mol. The first-order valence-electron chi connectivity index (χ1n) is 10.3. The van der Waals surface area contributed by atoms with Crippen molar-refractivity contribution in [3.8, 4) is 5.75 Å². The van der Waals surface area contributed by atoms with E-state index in [-0.39, 0.29) is 0 Å². The predicted molar refractivity (Wildman–Crippen MR) is 114 cm³/mol. The molecule has 0 aliphatic carbocycles. The summed E-state index contributed by atoms with van der Waals surface area (Å²) >= 11 is 0. The molecule has 1 aliphatic heterocycles. The van der Waals surface area contributed by atoms with Crippen molar-refractivity contribution in [1.29, 1.82) is 0 Å². The summed E-state index contributed by atoms with van der Waals surface area (Å²) in [7, 11) is 1.97. The van der Waals surface area contributed by atoms with Gasteiger partial charge in [0.15, 0.2) is 5.96 Å². The maximum atomic E-state index is 5.84. The van der Waals surface area contributed by atoms with Crippen LogP contribution in [0.3, 0.4) is 0 Å². The quantitative estimate of drug-likeness (QED) is 0.588. The minimum atomic E-state index is 0.518. The van der Waals surface area contributed by atoms with Gasteiger partial charge in [-0.1, -0.05) is 26.0 Å². The summed E-state index contributed by atoms with van der Waals surface area (Å²) in [4.78, 5) is 7.25. The van der Waals surface area contributed by atoms with Gasteiger partial charge in [0.05, 0.1) is 19.3 Å². The molecule has 2 aromatic rings. The van der Waals surface area contributed by atoms with Crippen LogP contribution >= 0.6 is 0 Å². The summed E-state index contributed by atoms with van der Waals surface area (Å²) in [5.41, 5.74) is 2.48. The third kappa shape index (κ3) is 5.50. The van der Waals surface area contributed by atoms with Crippen LogP contribution in [0, 0.1) is 5.92 Å². The Kier molecular flexibility index (Phi) is 6.95. The van der Waals surface area contributed by atoms with Gasteiger partial charge in [-0.25, -0.2) is 4.99 Å². The molecule has 0 bridgehead atoms. The summed E-state index contributed by atoms with van der Waals surface area (Å²) in [6, 6.07) is 8.26. The highest BCUT2D eigenvalue weighted by Crippen LogP contribution is 2.26. The Labute approximate surface area is 168 Å². The minimum Gasteiger partial charge on any atom is -0.493 e. The molecular formula is C22H33N5O. The first-order valence-corrected chi connectivity index (χ1v) is 10.3. The van der Waals surface area contributed by atoms with Crippen LogP contribution in [-0.2, 0) is 13.6 Å². The zero-order valence-electron chi connectivity index (χ0n) is 17.6. The fourth-order valence-electron chi connectivity index (χ4n) is 3.46. The van der Waals surface area contributed by atoms with E-state index in [4.69, 9.17) is 9.73 Å². The summed E-state index contributed by atoms with van der Waals surface area (Å²) < 4.78 is 7.73. The Morgan fingerprint density at radius 1 is 1.39 bits per heavy atom. The molecule has 6 heteroatoms. The van der Waals surface area contributed by atoms with Crippen LogP contribution < -0.4 is 10.1 Å². The molecule has 152 valence electrons. The van der Waals surface area contributed by atoms with Crippen molar-refractivity contribution in [2.45, 2.75) is 39.7 Å². The molecule has 1 aromatic heterocycles. The van der Waals surface area contributed by atoms with Crippen molar-refractivity contribution in [3.05, 3.63) is 47.8 Å². The Balaban J connectivity index is 1.64. The van der Waals surface area contributed by atoms with Crippen LogP contribution in [0.15, 0.2) is 41.7 Å². The van der Waals surface area contributed by atoms with E-state index in [0.29, 0.717) is 18.4 Å². The number of nitrogens with zero attached hydrogens (tertiary/aromatic N) is 4. The summed E-state index contributed by atoms with van der Waals surface area (Å²) in [6.45, 7) is 10.7. The molecule has 1 atom stereocenters. The normalized spacial score (nSPS) is 17.4. The lowest BCUT2D eigenvalue weighted by atomic mass is 10.0. The summed E-state index contributed by atoms with van der Waals surface area (Å²) in [5.74, 6) is 2.95. The van der Waals surface area contributed by atoms with E-state index in [2.05, 4.69) is 54.4 Å². The van der Waals surface area contributed by atoms with E-state index in [1.165, 1.54) is 11.1 Å². The van der Waals surface area contributed by atoms with Crippen molar-refractivity contribution in [2.75, 3.05) is 26.2 Å². The van der Waals surface area contributed by atoms with Gasteiger partial charge in [0.2, 0.25) is 0 Å². The van der Waals surface area contributed by atoms with E-state index in [1.807, 2.05) is 30.1 Å². The standard InChI is InChI=1S/C22H33N5O/c1-5-23-22(27-10-9-19(15-27)20-13-25-26(4)14-20)24-12-18-7-6-8-21(11-18)28-16-17(2)3/h6-8,11,13-14,17,19H,5,9-10,12,15-16H2,1-4H3,(H,23,24). The van der Waals surface area contributed by atoms with Gasteiger partial charge in [-0.15, -0.1) is 0 Å². The maximum absolute atomic E-state index is 5.84. The zero-order valence-corrected chi connectivity index (χ0v) is 17.6. The average molecular weight is 384 g/mol. The van der Waals surface area contributed by atoms with Gasteiger partial charge in [-0.3, -0.25) is 4.68 Å². The van der Waals surface area contributed by atoms with Gasteiger partial charge in [0, 0.05) is 38.8 Å². The van der Waals surface area contributed by atoms with Gasteiger partial charge < -0.3 is 15.0 Å². The van der Waals surface area contributed by atoms with Crippen LogP contribution in [0.25, 0.3) is 0 Å². The van der Waals surface area contributed by atoms with Crippen molar-refractivity contribution < 1.29 is 4.74 Å². The number of rotatable bonds is 7. The van der Waals surface area contributed by atoms with E-state index in [1.54, 1.807) is 0 Å². The number of nitrogens with one attached hydrogen (secondary N) is 1. The number of aromatic nitrogens is 2. The molecule has 1 saturated heterocycles. The summed E-state index contributed by atoms with van der Waals surface area (Å²) in [6.07, 6.45) is 5.25. The van der Waals surface area contributed by atoms with E-state index < -0.39 is 0 Å². The molecule has 28 heavy (non-hydrogen) atoms. The van der Waals surface area contributed by atoms with Gasteiger partial charge in [-0.2, -0.15) is 5.10 Å². The number of hydrogen-bond acceptors (Lipinski definition) is 3. The minimum absolute atomic E-state index is 0.518. The molecule has 1 N–H and O–H groups in total. The molecule has 0 amide bonds. The third-order valence-electron chi connectivity index (χ3n) is 4.91. The fourth-order valence-corrected chi connectivity index (χ4v) is 3.46. The second-order valence-electron chi connectivity index (χ2n) is 7.90. The van der Waals surface area contributed by atoms with Crippen molar-refractivity contribution in [1.82, 2.24) is 20.0 Å². The van der Waals surface area contributed by atoms with Crippen molar-refractivity contribution in [3.63, 3.8) is 0 Å². The smallest absolute Gasteiger partial charge is 0.194 e. The number of aliphatic imine (C=N–C) groups is 1. The summed E-state index contributed by atoms with van der Waals surface area (Å²) in [5, 5.41) is 7.77. The van der Waals surface area contributed by atoms with E-state index in [0.717, 1.165) is 44.4 Å². The Morgan fingerprint density at radius 2 is 2.25 bits per heavy atom. The van der Waals surface area contributed by atoms with Crippen LogP contribution in [0.2, 0.25) is 0 Å². The second kappa shape index (κ2) is 9.62. The van der Waals surface area contributed by atoms with Crippen LogP contribution in [0.5, 0.6) is 5.75 Å². The number of guanidine groups is 1. The van der Waals surface area contributed by atoms with E-state index in [9.17, 15) is 0 Å². The highest BCUT2D eigenvalue weighted by atomic mass is 16.5. The molecule has 1 aromatic carbocycles. The first kappa shape index (κ1) is 20.2. The Bertz CT molecular complexity index is 783. The number of hydrogen-bond donors (Lipinski definition) is 1. The molecule has 1 aliphatic rings. The van der Waals surface area contributed by atoms with Crippen molar-refractivity contribution in [2.24, 2.45) is 18.0 Å². The molecular weight excluding hydrogens is 350 g/mol. The third-order valence-corrected chi connectivity index (χ3v) is 4.91. The lowest BCUT2D eigenvalue weighted by molar-refractivity contribution is 0.271. The number of ether oxygens (including phenoxy) is 1. The lowest BCUT2D eigenvalue weighted by Crippen LogP contribution is -2.40. The Morgan fingerprint density at radius 3 is 2.96 bits per heavy atom.